The van der Waals surface area contributed by atoms with Crippen molar-refractivity contribution in [2.24, 2.45) is 0 Å². The Morgan fingerprint density at radius 1 is 0.923 bits per heavy atom. The number of benzene rings is 3. The Bertz CT molecular complexity index is 912. The number of carbonyl (C=O) groups excluding carboxylic acids is 1. The van der Waals surface area contributed by atoms with Gasteiger partial charge in [0.05, 0.1) is 6.61 Å². The van der Waals surface area contributed by atoms with Gasteiger partial charge in [0.25, 0.3) is 0 Å². The van der Waals surface area contributed by atoms with E-state index in [0.29, 0.717) is 19.6 Å². The van der Waals surface area contributed by atoms with Gasteiger partial charge in [-0.25, -0.2) is 0 Å². The van der Waals surface area contributed by atoms with Crippen LogP contribution in [0.3, 0.4) is 0 Å². The van der Waals surface area contributed by atoms with Gasteiger partial charge in [0, 0.05) is 18.6 Å². The number of aryl methyl sites for hydroxylation is 2. The molecule has 0 heterocycles. The van der Waals surface area contributed by atoms with E-state index in [1.165, 1.54) is 28.5 Å². The summed E-state index contributed by atoms with van der Waals surface area (Å²) in [6.07, 6.45) is 4.73. The molecule has 0 saturated heterocycles. The quantitative estimate of drug-likeness (QED) is 0.417. The van der Waals surface area contributed by atoms with E-state index in [-0.39, 0.29) is 5.78 Å². The predicted molar refractivity (Wildman–Crippen MR) is 106 cm³/mol. The number of Topliss-reactive ketones (excluding diaryl/α,β-unsaturated/α-hetero) is 1. The topological polar surface area (TPSA) is 26.3 Å². The van der Waals surface area contributed by atoms with E-state index in [1.807, 2.05) is 24.3 Å². The molecular formula is C24H24O2. The van der Waals surface area contributed by atoms with Crippen molar-refractivity contribution in [1.29, 1.82) is 0 Å². The molecule has 0 spiro atoms. The Labute approximate surface area is 154 Å². The first-order chi connectivity index (χ1) is 12.8. The second kappa shape index (κ2) is 7.84. The van der Waals surface area contributed by atoms with Crippen molar-refractivity contribution in [2.75, 3.05) is 6.61 Å². The Morgan fingerprint density at radius 2 is 1.69 bits per heavy atom. The highest BCUT2D eigenvalue weighted by Gasteiger charge is 2.19. The Hall–Kier alpha value is -2.45. The molecule has 1 aliphatic rings. The summed E-state index contributed by atoms with van der Waals surface area (Å²) in [7, 11) is 0. The summed E-state index contributed by atoms with van der Waals surface area (Å²) in [5.74, 6) is 0.235. The maximum absolute atomic E-state index is 12.8. The zero-order chi connectivity index (χ0) is 17.8. The minimum Gasteiger partial charge on any atom is -0.377 e. The number of rotatable bonds is 7. The molecule has 0 unspecified atom stereocenters. The number of hydrogen-bond acceptors (Lipinski definition) is 2. The zero-order valence-electron chi connectivity index (χ0n) is 15.0. The summed E-state index contributed by atoms with van der Waals surface area (Å²) < 4.78 is 5.72. The van der Waals surface area contributed by atoms with Crippen LogP contribution in [0.1, 0.15) is 46.3 Å². The summed E-state index contributed by atoms with van der Waals surface area (Å²) >= 11 is 0. The van der Waals surface area contributed by atoms with Crippen LogP contribution in [0, 0.1) is 0 Å². The van der Waals surface area contributed by atoms with Gasteiger partial charge < -0.3 is 4.74 Å². The number of ketones is 1. The Kier molecular flexibility index (Phi) is 5.12. The van der Waals surface area contributed by atoms with Crippen LogP contribution in [0.5, 0.6) is 0 Å². The standard InChI is InChI=1S/C24H24O2/c25-24(14-7-15-26-17-18-8-2-1-3-9-18)23-16-19-10-6-13-20(19)21-11-4-5-12-22(21)23/h1-5,8-9,11-12,16H,6-7,10,13-15,17H2. The largest absolute Gasteiger partial charge is 0.377 e. The molecule has 0 aromatic heterocycles. The molecule has 0 fully saturated rings. The molecule has 3 aromatic carbocycles. The van der Waals surface area contributed by atoms with Crippen molar-refractivity contribution in [3.8, 4) is 0 Å². The lowest BCUT2D eigenvalue weighted by molar-refractivity contribution is 0.0920. The second-order valence-corrected chi connectivity index (χ2v) is 7.03. The maximum atomic E-state index is 12.8. The minimum atomic E-state index is 0.235. The second-order valence-electron chi connectivity index (χ2n) is 7.03. The maximum Gasteiger partial charge on any atom is 0.163 e. The molecule has 0 amide bonds. The van der Waals surface area contributed by atoms with Crippen LogP contribution < -0.4 is 0 Å². The van der Waals surface area contributed by atoms with Crippen molar-refractivity contribution < 1.29 is 9.53 Å². The van der Waals surface area contributed by atoms with Crippen LogP contribution in [0.25, 0.3) is 10.8 Å². The third-order valence-corrected chi connectivity index (χ3v) is 5.23. The van der Waals surface area contributed by atoms with Gasteiger partial charge in [-0.05, 0) is 59.2 Å². The van der Waals surface area contributed by atoms with E-state index in [0.717, 1.165) is 30.2 Å². The molecule has 2 nitrogen and oxygen atoms in total. The first-order valence-electron chi connectivity index (χ1n) is 9.51. The molecule has 1 aliphatic carbocycles. The number of fused-ring (bicyclic) bond motifs is 3. The Balaban J connectivity index is 1.40. The normalized spacial score (nSPS) is 13.1. The van der Waals surface area contributed by atoms with Crippen molar-refractivity contribution in [2.45, 2.75) is 38.7 Å². The molecule has 0 N–H and O–H groups in total. The highest BCUT2D eigenvalue weighted by atomic mass is 16.5. The molecule has 0 bridgehead atoms. The molecule has 132 valence electrons. The van der Waals surface area contributed by atoms with Gasteiger partial charge in [-0.3, -0.25) is 4.79 Å². The van der Waals surface area contributed by atoms with Crippen LogP contribution >= 0.6 is 0 Å². The van der Waals surface area contributed by atoms with Gasteiger partial charge in [-0.1, -0.05) is 54.6 Å². The average molecular weight is 344 g/mol. The third kappa shape index (κ3) is 3.56. The van der Waals surface area contributed by atoms with E-state index in [2.05, 4.69) is 36.4 Å². The van der Waals surface area contributed by atoms with Crippen LogP contribution in [-0.4, -0.2) is 12.4 Å². The molecule has 0 atom stereocenters. The monoisotopic (exact) mass is 344 g/mol. The van der Waals surface area contributed by atoms with Gasteiger partial charge in [0.15, 0.2) is 5.78 Å². The lowest BCUT2D eigenvalue weighted by atomic mass is 9.93. The first-order valence-corrected chi connectivity index (χ1v) is 9.51. The van der Waals surface area contributed by atoms with Crippen LogP contribution in [0.4, 0.5) is 0 Å². The van der Waals surface area contributed by atoms with Gasteiger partial charge >= 0.3 is 0 Å². The summed E-state index contributed by atoms with van der Waals surface area (Å²) in [6.45, 7) is 1.22. The molecule has 26 heavy (non-hydrogen) atoms. The molecule has 0 aliphatic heterocycles. The van der Waals surface area contributed by atoms with E-state index < -0.39 is 0 Å². The number of carbonyl (C=O) groups is 1. The number of ether oxygens (including phenoxy) is 1. The molecule has 3 aromatic rings. The van der Waals surface area contributed by atoms with Crippen LogP contribution in [-0.2, 0) is 24.2 Å². The van der Waals surface area contributed by atoms with Gasteiger partial charge in [-0.2, -0.15) is 0 Å². The van der Waals surface area contributed by atoms with Crippen molar-refractivity contribution in [3.05, 3.63) is 82.9 Å². The SMILES string of the molecule is O=C(CCCOCc1ccccc1)c1cc2c(c3ccccc13)CCC2. The van der Waals surface area contributed by atoms with E-state index in [9.17, 15) is 4.79 Å². The van der Waals surface area contributed by atoms with Crippen LogP contribution in [0.2, 0.25) is 0 Å². The fourth-order valence-electron chi connectivity index (χ4n) is 3.93. The van der Waals surface area contributed by atoms with Crippen molar-refractivity contribution in [1.82, 2.24) is 0 Å². The zero-order valence-corrected chi connectivity index (χ0v) is 15.0. The lowest BCUT2D eigenvalue weighted by Gasteiger charge is -2.11. The summed E-state index contributed by atoms with van der Waals surface area (Å²) in [5, 5.41) is 2.38. The summed E-state index contributed by atoms with van der Waals surface area (Å²) in [6, 6.07) is 20.7. The van der Waals surface area contributed by atoms with Crippen molar-refractivity contribution >= 4 is 16.6 Å². The third-order valence-electron chi connectivity index (χ3n) is 5.23. The molecular weight excluding hydrogens is 320 g/mol. The van der Waals surface area contributed by atoms with E-state index in [1.54, 1.807) is 0 Å². The van der Waals surface area contributed by atoms with E-state index in [4.69, 9.17) is 4.74 Å². The fraction of sp³-hybridized carbons (Fsp3) is 0.292. The molecule has 4 rings (SSSR count). The highest BCUT2D eigenvalue weighted by molar-refractivity contribution is 6.09. The highest BCUT2D eigenvalue weighted by Crippen LogP contribution is 2.33. The molecule has 0 saturated carbocycles. The smallest absolute Gasteiger partial charge is 0.163 e. The fourth-order valence-corrected chi connectivity index (χ4v) is 3.93. The van der Waals surface area contributed by atoms with Crippen molar-refractivity contribution in [3.63, 3.8) is 0 Å². The summed E-state index contributed by atoms with van der Waals surface area (Å²) in [4.78, 5) is 12.8. The van der Waals surface area contributed by atoms with Gasteiger partial charge in [0.2, 0.25) is 0 Å². The summed E-state index contributed by atoms with van der Waals surface area (Å²) in [5.41, 5.74) is 4.88. The molecule has 2 heteroatoms. The lowest BCUT2D eigenvalue weighted by Crippen LogP contribution is -2.05. The van der Waals surface area contributed by atoms with E-state index >= 15 is 0 Å². The minimum absolute atomic E-state index is 0.235. The number of hydrogen-bond donors (Lipinski definition) is 0. The van der Waals surface area contributed by atoms with Gasteiger partial charge in [0.1, 0.15) is 0 Å². The van der Waals surface area contributed by atoms with Gasteiger partial charge in [-0.15, -0.1) is 0 Å². The average Bonchev–Trinajstić information content (AvgIpc) is 3.17. The van der Waals surface area contributed by atoms with Crippen LogP contribution in [0.15, 0.2) is 60.7 Å². The Morgan fingerprint density at radius 3 is 2.54 bits per heavy atom. The predicted octanol–water partition coefficient (Wildman–Crippen LogP) is 5.51. The molecule has 0 radical (unpaired) electrons. The first kappa shape index (κ1) is 17.0.